The fourth-order valence-electron chi connectivity index (χ4n) is 3.21. The average Bonchev–Trinajstić information content (AvgIpc) is 3.30. The van der Waals surface area contributed by atoms with Crippen LogP contribution in [0.4, 0.5) is 4.39 Å². The molecule has 140 valence electrons. The molecule has 1 aliphatic carbocycles. The highest BCUT2D eigenvalue weighted by Gasteiger charge is 2.33. The summed E-state index contributed by atoms with van der Waals surface area (Å²) in [6.45, 7) is 10.5. The minimum Gasteiger partial charge on any atom is -0.350 e. The van der Waals surface area contributed by atoms with Gasteiger partial charge in [0.05, 0.1) is 5.54 Å². The van der Waals surface area contributed by atoms with Crippen molar-refractivity contribution in [3.63, 3.8) is 0 Å². The molecule has 1 N–H and O–H groups in total. The second kappa shape index (κ2) is 6.53. The predicted octanol–water partition coefficient (Wildman–Crippen LogP) is 4.36. The smallest absolute Gasteiger partial charge is 0.271 e. The first-order chi connectivity index (χ1) is 12.1. The number of halogens is 1. The van der Waals surface area contributed by atoms with Crippen molar-refractivity contribution in [1.82, 2.24) is 15.1 Å². The number of nitrogens with zero attached hydrogens (tertiary/aromatic N) is 2. The first kappa shape index (κ1) is 18.6. The van der Waals surface area contributed by atoms with E-state index in [2.05, 4.69) is 31.2 Å². The summed E-state index contributed by atoms with van der Waals surface area (Å²) in [6, 6.07) is 8.61. The van der Waals surface area contributed by atoms with Gasteiger partial charge in [-0.1, -0.05) is 32.0 Å². The minimum atomic E-state index is -0.507. The van der Waals surface area contributed by atoms with Crippen molar-refractivity contribution < 1.29 is 9.18 Å². The Morgan fingerprint density at radius 1 is 1.23 bits per heavy atom. The normalized spacial score (nSPS) is 15.2. The fraction of sp³-hybridized carbons (Fsp3) is 0.524. The quantitative estimate of drug-likeness (QED) is 0.864. The molecule has 1 aromatic carbocycles. The second-order valence-corrected chi connectivity index (χ2v) is 8.86. The van der Waals surface area contributed by atoms with Gasteiger partial charge in [-0.15, -0.1) is 0 Å². The summed E-state index contributed by atoms with van der Waals surface area (Å²) >= 11 is 0. The van der Waals surface area contributed by atoms with Crippen LogP contribution >= 0.6 is 0 Å². The first-order valence-electron chi connectivity index (χ1n) is 9.23. The van der Waals surface area contributed by atoms with Gasteiger partial charge in [0.2, 0.25) is 0 Å². The molecule has 0 bridgehead atoms. The summed E-state index contributed by atoms with van der Waals surface area (Å²) in [5.41, 5.74) is 1.50. The molecule has 1 aliphatic rings. The number of aromatic nitrogens is 2. The molecule has 26 heavy (non-hydrogen) atoms. The van der Waals surface area contributed by atoms with Gasteiger partial charge in [-0.2, -0.15) is 5.10 Å². The maximum absolute atomic E-state index is 14.1. The summed E-state index contributed by atoms with van der Waals surface area (Å²) < 4.78 is 16.1. The van der Waals surface area contributed by atoms with Crippen molar-refractivity contribution >= 4 is 5.91 Å². The number of nitrogens with one attached hydrogen (secondary N) is 1. The van der Waals surface area contributed by atoms with Gasteiger partial charge in [-0.25, -0.2) is 4.39 Å². The molecule has 4 nitrogen and oxygen atoms in total. The van der Waals surface area contributed by atoms with Crippen molar-refractivity contribution in [2.45, 2.75) is 64.3 Å². The summed E-state index contributed by atoms with van der Waals surface area (Å²) in [7, 11) is 0. The fourth-order valence-corrected chi connectivity index (χ4v) is 3.21. The lowest BCUT2D eigenvalue weighted by Crippen LogP contribution is -2.37. The Kier molecular flexibility index (Phi) is 4.67. The van der Waals surface area contributed by atoms with Crippen LogP contribution in [0.5, 0.6) is 0 Å². The summed E-state index contributed by atoms with van der Waals surface area (Å²) in [4.78, 5) is 12.7. The van der Waals surface area contributed by atoms with Crippen molar-refractivity contribution in [2.75, 3.05) is 6.54 Å². The van der Waals surface area contributed by atoms with E-state index >= 15 is 0 Å². The van der Waals surface area contributed by atoms with E-state index in [0.717, 1.165) is 18.5 Å². The van der Waals surface area contributed by atoms with Gasteiger partial charge in [-0.05, 0) is 51.3 Å². The van der Waals surface area contributed by atoms with Crippen molar-refractivity contribution in [3.05, 3.63) is 53.1 Å². The van der Waals surface area contributed by atoms with E-state index < -0.39 is 5.41 Å². The molecule has 1 saturated carbocycles. The first-order valence-corrected chi connectivity index (χ1v) is 9.23. The third kappa shape index (κ3) is 3.81. The third-order valence-electron chi connectivity index (χ3n) is 4.89. The number of carbonyl (C=O) groups excluding carboxylic acids is 1. The number of hydrogen-bond acceptors (Lipinski definition) is 2. The zero-order valence-corrected chi connectivity index (χ0v) is 16.3. The van der Waals surface area contributed by atoms with Gasteiger partial charge in [0.25, 0.3) is 5.91 Å². The number of amides is 1. The van der Waals surface area contributed by atoms with E-state index in [0.29, 0.717) is 23.7 Å². The van der Waals surface area contributed by atoms with Crippen LogP contribution in [0.2, 0.25) is 0 Å². The van der Waals surface area contributed by atoms with Crippen LogP contribution in [0.1, 0.15) is 75.1 Å². The molecule has 3 rings (SSSR count). The summed E-state index contributed by atoms with van der Waals surface area (Å²) in [5.74, 6) is 0.0530. The van der Waals surface area contributed by atoms with Gasteiger partial charge in [0.15, 0.2) is 0 Å². The topological polar surface area (TPSA) is 46.9 Å². The monoisotopic (exact) mass is 357 g/mol. The van der Waals surface area contributed by atoms with Gasteiger partial charge in [-0.3, -0.25) is 9.48 Å². The molecule has 2 aromatic rings. The standard InChI is InChI=1S/C21H28FN3O/c1-20(2,3)25-18(14-10-11-14)12-17(24-25)19(26)23-13-21(4,5)15-8-6-7-9-16(15)22/h6-9,12,14H,10-11,13H2,1-5H3,(H,23,26). The Balaban J connectivity index is 1.75. The average molecular weight is 357 g/mol. The van der Waals surface area contributed by atoms with Crippen LogP contribution in [0.15, 0.2) is 30.3 Å². The highest BCUT2D eigenvalue weighted by Crippen LogP contribution is 2.41. The van der Waals surface area contributed by atoms with Gasteiger partial charge in [0, 0.05) is 23.6 Å². The largest absolute Gasteiger partial charge is 0.350 e. The lowest BCUT2D eigenvalue weighted by Gasteiger charge is -2.26. The van der Waals surface area contributed by atoms with E-state index in [1.54, 1.807) is 12.1 Å². The Bertz CT molecular complexity index is 813. The Morgan fingerprint density at radius 2 is 1.88 bits per heavy atom. The zero-order chi connectivity index (χ0) is 19.1. The predicted molar refractivity (Wildman–Crippen MR) is 101 cm³/mol. The van der Waals surface area contributed by atoms with Gasteiger partial charge >= 0.3 is 0 Å². The van der Waals surface area contributed by atoms with Crippen molar-refractivity contribution in [2.24, 2.45) is 0 Å². The van der Waals surface area contributed by atoms with Crippen LogP contribution in [-0.2, 0) is 11.0 Å². The van der Waals surface area contributed by atoms with Gasteiger partial charge in [0.1, 0.15) is 11.5 Å². The minimum absolute atomic E-state index is 0.164. The van der Waals surface area contributed by atoms with Crippen LogP contribution in [-0.4, -0.2) is 22.2 Å². The summed E-state index contributed by atoms with van der Waals surface area (Å²) in [5, 5.41) is 7.50. The molecule has 1 fully saturated rings. The maximum atomic E-state index is 14.1. The molecule has 1 heterocycles. The van der Waals surface area contributed by atoms with Crippen molar-refractivity contribution in [3.8, 4) is 0 Å². The number of carbonyl (C=O) groups is 1. The number of rotatable bonds is 5. The molecule has 0 aliphatic heterocycles. The number of hydrogen-bond donors (Lipinski definition) is 1. The highest BCUT2D eigenvalue weighted by molar-refractivity contribution is 5.92. The Hall–Kier alpha value is -2.17. The van der Waals surface area contributed by atoms with E-state index in [1.807, 2.05) is 30.7 Å². The Labute approximate surface area is 154 Å². The number of benzene rings is 1. The SMILES string of the molecule is CC(C)(CNC(=O)c1cc(C2CC2)n(C(C)(C)C)n1)c1ccccc1F. The van der Waals surface area contributed by atoms with Gasteiger partial charge < -0.3 is 5.32 Å². The highest BCUT2D eigenvalue weighted by atomic mass is 19.1. The lowest BCUT2D eigenvalue weighted by atomic mass is 9.84. The van der Waals surface area contributed by atoms with Crippen molar-refractivity contribution in [1.29, 1.82) is 0 Å². The Morgan fingerprint density at radius 3 is 2.46 bits per heavy atom. The molecule has 0 atom stereocenters. The molecule has 5 heteroatoms. The van der Waals surface area contributed by atoms with E-state index in [4.69, 9.17) is 0 Å². The molecular weight excluding hydrogens is 329 g/mol. The van der Waals surface area contributed by atoms with E-state index in [-0.39, 0.29) is 17.3 Å². The zero-order valence-electron chi connectivity index (χ0n) is 16.3. The molecule has 0 radical (unpaired) electrons. The molecule has 1 aromatic heterocycles. The molecule has 1 amide bonds. The van der Waals surface area contributed by atoms with Crippen LogP contribution in [0, 0.1) is 5.82 Å². The van der Waals surface area contributed by atoms with E-state index in [1.165, 1.54) is 6.07 Å². The second-order valence-electron chi connectivity index (χ2n) is 8.86. The molecule has 0 saturated heterocycles. The molecule has 0 spiro atoms. The lowest BCUT2D eigenvalue weighted by molar-refractivity contribution is 0.0938. The van der Waals surface area contributed by atoms with E-state index in [9.17, 15) is 9.18 Å². The molecular formula is C21H28FN3O. The maximum Gasteiger partial charge on any atom is 0.271 e. The van der Waals surface area contributed by atoms with Crippen LogP contribution < -0.4 is 5.32 Å². The molecule has 0 unspecified atom stereocenters. The van der Waals surface area contributed by atoms with Crippen LogP contribution in [0.25, 0.3) is 0 Å². The summed E-state index contributed by atoms with van der Waals surface area (Å²) in [6.07, 6.45) is 2.31. The van der Waals surface area contributed by atoms with Crippen LogP contribution in [0.3, 0.4) is 0 Å². The third-order valence-corrected chi connectivity index (χ3v) is 4.89.